The van der Waals surface area contributed by atoms with Crippen LogP contribution in [0.4, 0.5) is 0 Å². The minimum atomic E-state index is 0.0902. The summed E-state index contributed by atoms with van der Waals surface area (Å²) in [6, 6.07) is 0. The first-order chi connectivity index (χ1) is 15.8. The van der Waals surface area contributed by atoms with E-state index in [-0.39, 0.29) is 12.1 Å². The van der Waals surface area contributed by atoms with Crippen LogP contribution in [0.1, 0.15) is 167 Å². The number of carbonyl (C=O) groups is 1. The highest BCUT2D eigenvalue weighted by Gasteiger charge is 2.34. The lowest BCUT2D eigenvalue weighted by molar-refractivity contribution is -0.155. The molecule has 0 aromatic heterocycles. The van der Waals surface area contributed by atoms with Crippen molar-refractivity contribution in [3.05, 3.63) is 0 Å². The fourth-order valence-electron chi connectivity index (χ4n) is 6.24. The quantitative estimate of drug-likeness (QED) is 0.154. The largest absolute Gasteiger partial charge is 0.462 e. The van der Waals surface area contributed by atoms with Crippen molar-refractivity contribution in [3.63, 3.8) is 0 Å². The Bertz CT molecular complexity index is 440. The molecule has 0 aromatic rings. The third-order valence-electron chi connectivity index (χ3n) is 8.28. The molecule has 0 aliphatic heterocycles. The van der Waals surface area contributed by atoms with Gasteiger partial charge in [0.15, 0.2) is 0 Å². The number of rotatable bonds is 18. The first-order valence-corrected chi connectivity index (χ1v) is 15.0. The van der Waals surface area contributed by atoms with Crippen molar-refractivity contribution in [2.45, 2.75) is 174 Å². The van der Waals surface area contributed by atoms with Crippen molar-refractivity contribution < 1.29 is 9.53 Å². The smallest absolute Gasteiger partial charge is 0.306 e. The van der Waals surface area contributed by atoms with Crippen molar-refractivity contribution in [1.29, 1.82) is 0 Å². The highest BCUT2D eigenvalue weighted by atomic mass is 16.5. The first kappa shape index (κ1) is 27.7. The molecule has 2 atom stereocenters. The van der Waals surface area contributed by atoms with Crippen LogP contribution in [-0.2, 0) is 9.53 Å². The fourth-order valence-corrected chi connectivity index (χ4v) is 6.24. The summed E-state index contributed by atoms with van der Waals surface area (Å²) < 4.78 is 6.04. The van der Waals surface area contributed by atoms with Crippen LogP contribution in [0.25, 0.3) is 0 Å². The summed E-state index contributed by atoms with van der Waals surface area (Å²) in [7, 11) is 0. The lowest BCUT2D eigenvalue weighted by atomic mass is 9.72. The topological polar surface area (TPSA) is 26.3 Å². The Labute approximate surface area is 201 Å². The lowest BCUT2D eigenvalue weighted by Gasteiger charge is -2.38. The summed E-state index contributed by atoms with van der Waals surface area (Å²) in [6.07, 6.45) is 33.3. The molecule has 0 N–H and O–H groups in total. The van der Waals surface area contributed by atoms with Gasteiger partial charge < -0.3 is 4.74 Å². The maximum absolute atomic E-state index is 12.5. The Morgan fingerprint density at radius 2 is 1.06 bits per heavy atom. The van der Waals surface area contributed by atoms with Crippen LogP contribution >= 0.6 is 0 Å². The maximum atomic E-state index is 12.5. The fraction of sp³-hybridized carbons (Fsp3) is 0.967. The Kier molecular flexibility index (Phi) is 16.3. The standard InChI is InChI=1S/C30H56O2/c1-2-3-4-5-6-7-8-9-10-11-12-13-14-15-19-26-30(31)32-29-25-21-20-24-28(29)27-22-17-16-18-23-27/h27-29H,2-26H2,1H3/t28-,29+/m1/s1. The van der Waals surface area contributed by atoms with Crippen LogP contribution in [-0.4, -0.2) is 12.1 Å². The van der Waals surface area contributed by atoms with Gasteiger partial charge in [-0.1, -0.05) is 135 Å². The van der Waals surface area contributed by atoms with E-state index in [1.807, 2.05) is 0 Å². The molecule has 2 heteroatoms. The van der Waals surface area contributed by atoms with Crippen LogP contribution < -0.4 is 0 Å². The van der Waals surface area contributed by atoms with Gasteiger partial charge in [0, 0.05) is 6.42 Å². The summed E-state index contributed by atoms with van der Waals surface area (Å²) in [5.74, 6) is 1.58. The van der Waals surface area contributed by atoms with Crippen LogP contribution in [0.3, 0.4) is 0 Å². The van der Waals surface area contributed by atoms with Gasteiger partial charge in [-0.3, -0.25) is 4.79 Å². The zero-order chi connectivity index (χ0) is 22.7. The van der Waals surface area contributed by atoms with E-state index in [2.05, 4.69) is 6.92 Å². The number of hydrogen-bond donors (Lipinski definition) is 0. The van der Waals surface area contributed by atoms with E-state index in [0.29, 0.717) is 12.3 Å². The minimum absolute atomic E-state index is 0.0902. The summed E-state index contributed by atoms with van der Waals surface area (Å²) in [5.41, 5.74) is 0. The van der Waals surface area contributed by atoms with Crippen LogP contribution in [0, 0.1) is 11.8 Å². The van der Waals surface area contributed by atoms with E-state index in [9.17, 15) is 4.79 Å². The van der Waals surface area contributed by atoms with Gasteiger partial charge in [-0.25, -0.2) is 0 Å². The highest BCUT2D eigenvalue weighted by Crippen LogP contribution is 2.39. The second kappa shape index (κ2) is 18.8. The van der Waals surface area contributed by atoms with Crippen molar-refractivity contribution in [1.82, 2.24) is 0 Å². The number of ether oxygens (including phenoxy) is 1. The van der Waals surface area contributed by atoms with Gasteiger partial charge in [0.25, 0.3) is 0 Å². The Morgan fingerprint density at radius 3 is 1.62 bits per heavy atom. The third-order valence-corrected chi connectivity index (χ3v) is 8.28. The van der Waals surface area contributed by atoms with Gasteiger partial charge in [0.2, 0.25) is 0 Å². The SMILES string of the molecule is CCCCCCCCCCCCCCCCCC(=O)O[C@H]1CCCC[C@@H]1C1CCCCC1. The van der Waals surface area contributed by atoms with Crippen molar-refractivity contribution in [2.24, 2.45) is 11.8 Å². The molecule has 0 saturated heterocycles. The predicted molar refractivity (Wildman–Crippen MR) is 138 cm³/mol. The Hall–Kier alpha value is -0.530. The van der Waals surface area contributed by atoms with E-state index < -0.39 is 0 Å². The molecule has 2 nitrogen and oxygen atoms in total. The molecule has 2 aliphatic carbocycles. The third kappa shape index (κ3) is 12.6. The zero-order valence-electron chi connectivity index (χ0n) is 21.7. The van der Waals surface area contributed by atoms with Crippen LogP contribution in [0.15, 0.2) is 0 Å². The number of unbranched alkanes of at least 4 members (excludes halogenated alkanes) is 14. The average molecular weight is 449 g/mol. The second-order valence-corrected chi connectivity index (χ2v) is 11.1. The molecule has 0 radical (unpaired) electrons. The van der Waals surface area contributed by atoms with Crippen molar-refractivity contribution in [2.75, 3.05) is 0 Å². The van der Waals surface area contributed by atoms with Gasteiger partial charge in [-0.05, 0) is 37.5 Å². The second-order valence-electron chi connectivity index (χ2n) is 11.1. The van der Waals surface area contributed by atoms with E-state index >= 15 is 0 Å². The van der Waals surface area contributed by atoms with Gasteiger partial charge in [0.05, 0.1) is 0 Å². The molecule has 0 amide bonds. The van der Waals surface area contributed by atoms with E-state index in [4.69, 9.17) is 4.74 Å². The molecule has 32 heavy (non-hydrogen) atoms. The number of hydrogen-bond acceptors (Lipinski definition) is 2. The van der Waals surface area contributed by atoms with Crippen LogP contribution in [0.2, 0.25) is 0 Å². The first-order valence-electron chi connectivity index (χ1n) is 15.0. The van der Waals surface area contributed by atoms with E-state index in [1.165, 1.54) is 141 Å². The maximum Gasteiger partial charge on any atom is 0.306 e. The molecule has 0 spiro atoms. The van der Waals surface area contributed by atoms with Crippen LogP contribution in [0.5, 0.6) is 0 Å². The molecular formula is C30H56O2. The Morgan fingerprint density at radius 1 is 0.594 bits per heavy atom. The molecule has 2 rings (SSSR count). The summed E-state index contributed by atoms with van der Waals surface area (Å²) in [6.45, 7) is 2.29. The van der Waals surface area contributed by atoms with E-state index in [0.717, 1.165) is 18.8 Å². The van der Waals surface area contributed by atoms with Gasteiger partial charge in [0.1, 0.15) is 6.10 Å². The van der Waals surface area contributed by atoms with Crippen molar-refractivity contribution in [3.8, 4) is 0 Å². The Balaban J connectivity index is 1.39. The molecule has 0 heterocycles. The summed E-state index contributed by atoms with van der Waals surface area (Å²) in [4.78, 5) is 12.5. The molecule has 2 aliphatic rings. The normalized spacial score (nSPS) is 22.2. The molecule has 188 valence electrons. The number of esters is 1. The highest BCUT2D eigenvalue weighted by molar-refractivity contribution is 5.69. The lowest BCUT2D eigenvalue weighted by Crippen LogP contribution is -2.35. The average Bonchev–Trinajstić information content (AvgIpc) is 2.82. The molecular weight excluding hydrogens is 392 g/mol. The monoisotopic (exact) mass is 448 g/mol. The van der Waals surface area contributed by atoms with Crippen molar-refractivity contribution >= 4 is 5.97 Å². The minimum Gasteiger partial charge on any atom is -0.462 e. The summed E-state index contributed by atoms with van der Waals surface area (Å²) in [5, 5.41) is 0. The molecule has 2 fully saturated rings. The van der Waals surface area contributed by atoms with Gasteiger partial charge >= 0.3 is 5.97 Å². The predicted octanol–water partition coefficient (Wildman–Crippen LogP) is 9.93. The molecule has 2 saturated carbocycles. The van der Waals surface area contributed by atoms with Gasteiger partial charge in [-0.15, -0.1) is 0 Å². The number of carbonyl (C=O) groups excluding carboxylic acids is 1. The molecule has 0 unspecified atom stereocenters. The molecule has 0 aromatic carbocycles. The van der Waals surface area contributed by atoms with Gasteiger partial charge in [-0.2, -0.15) is 0 Å². The zero-order valence-corrected chi connectivity index (χ0v) is 21.7. The summed E-state index contributed by atoms with van der Waals surface area (Å²) >= 11 is 0. The van der Waals surface area contributed by atoms with E-state index in [1.54, 1.807) is 0 Å². The molecule has 0 bridgehead atoms.